The van der Waals surface area contributed by atoms with Gasteiger partial charge in [-0.2, -0.15) is 0 Å². The monoisotopic (exact) mass is 464 g/mol. The van der Waals surface area contributed by atoms with Crippen molar-refractivity contribution in [3.8, 4) is 0 Å². The van der Waals surface area contributed by atoms with Crippen molar-refractivity contribution in [2.45, 2.75) is 46.2 Å². The molecule has 7 nitrogen and oxygen atoms in total. The molecule has 0 radical (unpaired) electrons. The van der Waals surface area contributed by atoms with Crippen LogP contribution in [0.1, 0.15) is 39.7 Å². The lowest BCUT2D eigenvalue weighted by Gasteiger charge is -2.24. The number of hydrogen-bond acceptors (Lipinski definition) is 4. The maximum atomic E-state index is 10.7. The fourth-order valence-electron chi connectivity index (χ4n) is 1.91. The van der Waals surface area contributed by atoms with Crippen LogP contribution in [-0.4, -0.2) is 36.2 Å². The van der Waals surface area contributed by atoms with E-state index in [1.54, 1.807) is 12.1 Å². The van der Waals surface area contributed by atoms with Crippen molar-refractivity contribution in [3.63, 3.8) is 0 Å². The lowest BCUT2D eigenvalue weighted by molar-refractivity contribution is -0.384. The molecule has 1 rings (SSSR count). The molecule has 0 unspecified atom stereocenters. The second-order valence-corrected chi connectivity index (χ2v) is 6.44. The summed E-state index contributed by atoms with van der Waals surface area (Å²) in [6.07, 6.45) is 0.899. The summed E-state index contributed by atoms with van der Waals surface area (Å²) in [5.41, 5.74) is 0.899. The second kappa shape index (κ2) is 12.0. The molecular formula is C17H29IN4O3. The van der Waals surface area contributed by atoms with Crippen LogP contribution < -0.4 is 10.6 Å². The predicted molar refractivity (Wildman–Crippen MR) is 112 cm³/mol. The molecule has 0 heterocycles. The van der Waals surface area contributed by atoms with E-state index in [1.165, 1.54) is 12.1 Å². The number of nitro benzene ring substituents is 1. The number of aliphatic imine (C=N–C) groups is 1. The van der Waals surface area contributed by atoms with Crippen LogP contribution in [0.2, 0.25) is 0 Å². The van der Waals surface area contributed by atoms with Crippen LogP contribution in [0.25, 0.3) is 0 Å². The fourth-order valence-corrected chi connectivity index (χ4v) is 1.91. The molecule has 0 saturated heterocycles. The van der Waals surface area contributed by atoms with E-state index in [-0.39, 0.29) is 35.2 Å². The zero-order valence-electron chi connectivity index (χ0n) is 15.4. The highest BCUT2D eigenvalue weighted by Gasteiger charge is 2.12. The van der Waals surface area contributed by atoms with E-state index < -0.39 is 4.92 Å². The van der Waals surface area contributed by atoms with E-state index >= 15 is 0 Å². The number of nitro groups is 1. The number of ether oxygens (including phenoxy) is 1. The third-order valence-corrected chi connectivity index (χ3v) is 3.02. The summed E-state index contributed by atoms with van der Waals surface area (Å²) in [7, 11) is 0. The van der Waals surface area contributed by atoms with E-state index in [0.29, 0.717) is 13.2 Å². The second-order valence-electron chi connectivity index (χ2n) is 6.44. The highest BCUT2D eigenvalue weighted by atomic mass is 127. The molecule has 0 spiro atoms. The smallest absolute Gasteiger partial charge is 0.269 e. The first-order valence-corrected chi connectivity index (χ1v) is 8.19. The Hall–Kier alpha value is -1.42. The first-order valence-electron chi connectivity index (χ1n) is 8.19. The van der Waals surface area contributed by atoms with Crippen LogP contribution >= 0.6 is 24.0 Å². The summed E-state index contributed by atoms with van der Waals surface area (Å²) in [4.78, 5) is 14.8. The van der Waals surface area contributed by atoms with E-state index in [4.69, 9.17) is 4.74 Å². The standard InChI is InChI=1S/C17H28N4O3.HI/c1-5-24-12-6-11-18-16(20-17(2,3)4)19-13-14-7-9-15(10-8-14)21(22)23;/h7-10H,5-6,11-13H2,1-4H3,(H2,18,19,20);1H. The van der Waals surface area contributed by atoms with E-state index in [2.05, 4.69) is 36.4 Å². The Morgan fingerprint density at radius 1 is 1.28 bits per heavy atom. The summed E-state index contributed by atoms with van der Waals surface area (Å²) in [5, 5.41) is 17.3. The Labute approximate surface area is 166 Å². The van der Waals surface area contributed by atoms with Crippen molar-refractivity contribution in [2.24, 2.45) is 4.99 Å². The Kier molecular flexibility index (Phi) is 11.3. The summed E-state index contributed by atoms with van der Waals surface area (Å²) < 4.78 is 5.32. The van der Waals surface area contributed by atoms with Gasteiger partial charge in [-0.25, -0.2) is 4.99 Å². The molecule has 0 aromatic heterocycles. The van der Waals surface area contributed by atoms with E-state index in [0.717, 1.165) is 31.1 Å². The summed E-state index contributed by atoms with van der Waals surface area (Å²) in [5.74, 6) is 0.720. The molecule has 142 valence electrons. The maximum Gasteiger partial charge on any atom is 0.269 e. The third-order valence-electron chi connectivity index (χ3n) is 3.02. The Morgan fingerprint density at radius 2 is 1.92 bits per heavy atom. The molecule has 2 N–H and O–H groups in total. The minimum absolute atomic E-state index is 0. The van der Waals surface area contributed by atoms with E-state index in [9.17, 15) is 10.1 Å². The number of guanidine groups is 1. The van der Waals surface area contributed by atoms with Gasteiger partial charge in [0.1, 0.15) is 0 Å². The number of benzene rings is 1. The van der Waals surface area contributed by atoms with Crippen LogP contribution in [0.15, 0.2) is 29.3 Å². The van der Waals surface area contributed by atoms with Crippen LogP contribution in [0.5, 0.6) is 0 Å². The number of rotatable bonds is 8. The SMILES string of the molecule is CCOCCCNC(=NCc1ccc([N+](=O)[O-])cc1)NC(C)(C)C.I. The normalized spacial score (nSPS) is 11.6. The maximum absolute atomic E-state index is 10.7. The molecule has 8 heteroatoms. The molecule has 1 aromatic rings. The van der Waals surface area contributed by atoms with Crippen LogP contribution in [0.4, 0.5) is 5.69 Å². The lowest BCUT2D eigenvalue weighted by atomic mass is 10.1. The van der Waals surface area contributed by atoms with Crippen LogP contribution in [-0.2, 0) is 11.3 Å². The molecule has 0 fully saturated rings. The molecule has 0 aliphatic heterocycles. The van der Waals surface area contributed by atoms with Crippen LogP contribution in [0.3, 0.4) is 0 Å². The van der Waals surface area contributed by atoms with E-state index in [1.807, 2.05) is 6.92 Å². The molecular weight excluding hydrogens is 435 g/mol. The van der Waals surface area contributed by atoms with Crippen LogP contribution in [0, 0.1) is 10.1 Å². The molecule has 25 heavy (non-hydrogen) atoms. The predicted octanol–water partition coefficient (Wildman–Crippen LogP) is 3.47. The fraction of sp³-hybridized carbons (Fsp3) is 0.588. The molecule has 0 aliphatic carbocycles. The van der Waals surface area contributed by atoms with Gasteiger partial charge in [-0.1, -0.05) is 12.1 Å². The first kappa shape index (κ1) is 23.6. The lowest BCUT2D eigenvalue weighted by Crippen LogP contribution is -2.48. The minimum Gasteiger partial charge on any atom is -0.382 e. The van der Waals surface area contributed by atoms with Gasteiger partial charge in [-0.05, 0) is 39.7 Å². The molecule has 0 saturated carbocycles. The summed E-state index contributed by atoms with van der Waals surface area (Å²) in [6.45, 7) is 10.8. The Bertz CT molecular complexity index is 542. The Morgan fingerprint density at radius 3 is 2.44 bits per heavy atom. The average Bonchev–Trinajstić information content (AvgIpc) is 2.51. The number of nitrogens with zero attached hydrogens (tertiary/aromatic N) is 2. The van der Waals surface area contributed by atoms with Crippen molar-refractivity contribution in [2.75, 3.05) is 19.8 Å². The first-order chi connectivity index (χ1) is 11.3. The van der Waals surface area contributed by atoms with Gasteiger partial charge < -0.3 is 15.4 Å². The Balaban J connectivity index is 0.00000576. The molecule has 1 aromatic carbocycles. The topological polar surface area (TPSA) is 88.8 Å². The quantitative estimate of drug-likeness (QED) is 0.154. The number of non-ortho nitro benzene ring substituents is 1. The molecule has 0 bridgehead atoms. The molecule has 0 aliphatic rings. The van der Waals surface area contributed by atoms with Gasteiger partial charge >= 0.3 is 0 Å². The largest absolute Gasteiger partial charge is 0.382 e. The zero-order chi connectivity index (χ0) is 18.0. The molecule has 0 amide bonds. The highest BCUT2D eigenvalue weighted by Crippen LogP contribution is 2.12. The number of hydrogen-bond donors (Lipinski definition) is 2. The summed E-state index contributed by atoms with van der Waals surface area (Å²) >= 11 is 0. The van der Waals surface area contributed by atoms with Crippen molar-refractivity contribution in [1.82, 2.24) is 10.6 Å². The van der Waals surface area contributed by atoms with Gasteiger partial charge in [0.25, 0.3) is 5.69 Å². The van der Waals surface area contributed by atoms with Crippen molar-refractivity contribution < 1.29 is 9.66 Å². The van der Waals surface area contributed by atoms with Crippen molar-refractivity contribution in [3.05, 3.63) is 39.9 Å². The van der Waals surface area contributed by atoms with Crippen molar-refractivity contribution >= 4 is 35.6 Å². The van der Waals surface area contributed by atoms with Gasteiger partial charge in [0.05, 0.1) is 11.5 Å². The number of nitrogens with one attached hydrogen (secondary N) is 2. The zero-order valence-corrected chi connectivity index (χ0v) is 17.7. The van der Waals surface area contributed by atoms with Gasteiger partial charge in [0.2, 0.25) is 0 Å². The van der Waals surface area contributed by atoms with Gasteiger partial charge in [-0.15, -0.1) is 24.0 Å². The van der Waals surface area contributed by atoms with Gasteiger partial charge in [0, 0.05) is 37.4 Å². The average molecular weight is 464 g/mol. The summed E-state index contributed by atoms with van der Waals surface area (Å²) in [6, 6.07) is 6.45. The third kappa shape index (κ3) is 10.9. The highest BCUT2D eigenvalue weighted by molar-refractivity contribution is 14.0. The number of halogens is 1. The molecule has 0 atom stereocenters. The van der Waals surface area contributed by atoms with Gasteiger partial charge in [0.15, 0.2) is 5.96 Å². The van der Waals surface area contributed by atoms with Crippen molar-refractivity contribution in [1.29, 1.82) is 0 Å². The van der Waals surface area contributed by atoms with Gasteiger partial charge in [-0.3, -0.25) is 10.1 Å². The minimum atomic E-state index is -0.403.